The lowest BCUT2D eigenvalue weighted by molar-refractivity contribution is 0.339. The highest BCUT2D eigenvalue weighted by atomic mass is 79.9. The molecule has 0 aliphatic carbocycles. The molecule has 194 valence electrons. The summed E-state index contributed by atoms with van der Waals surface area (Å²) in [6.45, 7) is 9.38. The number of H-pyrrole nitrogens is 1. The highest BCUT2D eigenvalue weighted by Gasteiger charge is 2.28. The van der Waals surface area contributed by atoms with Gasteiger partial charge in [-0.3, -0.25) is 5.10 Å². The third-order valence-electron chi connectivity index (χ3n) is 7.22. The molecule has 0 atom stereocenters. The summed E-state index contributed by atoms with van der Waals surface area (Å²) in [5, 5.41) is 7.92. The molecule has 11 heteroatoms. The van der Waals surface area contributed by atoms with Crippen molar-refractivity contribution in [2.24, 2.45) is 5.92 Å². The number of hydrogen-bond acceptors (Lipinski definition) is 7. The average Bonchev–Trinajstić information content (AvgIpc) is 3.53. The van der Waals surface area contributed by atoms with Crippen molar-refractivity contribution in [2.75, 3.05) is 55.6 Å². The summed E-state index contributed by atoms with van der Waals surface area (Å²) < 4.78 is 31.9. The first-order valence-corrected chi connectivity index (χ1v) is 13.6. The van der Waals surface area contributed by atoms with Crippen LogP contribution in [0.4, 0.5) is 20.4 Å². The van der Waals surface area contributed by atoms with Crippen molar-refractivity contribution in [3.8, 4) is 0 Å². The Morgan fingerprint density at radius 1 is 0.944 bits per heavy atom. The van der Waals surface area contributed by atoms with Crippen molar-refractivity contribution in [3.05, 3.63) is 33.8 Å². The van der Waals surface area contributed by atoms with E-state index in [1.54, 1.807) is 0 Å². The van der Waals surface area contributed by atoms with Crippen LogP contribution < -0.4 is 9.80 Å². The number of halogens is 3. The lowest BCUT2D eigenvalue weighted by Crippen LogP contribution is -2.47. The molecule has 0 unspecified atom stereocenters. The Kier molecular flexibility index (Phi) is 7.66. The minimum atomic E-state index is -0.506. The van der Waals surface area contributed by atoms with Gasteiger partial charge in [0.05, 0.1) is 11.1 Å². The molecule has 5 rings (SSSR count). The van der Waals surface area contributed by atoms with Gasteiger partial charge in [0.2, 0.25) is 0 Å². The van der Waals surface area contributed by atoms with E-state index in [1.807, 2.05) is 4.90 Å². The highest BCUT2D eigenvalue weighted by molar-refractivity contribution is 9.10. The van der Waals surface area contributed by atoms with Gasteiger partial charge in [0.1, 0.15) is 16.7 Å². The Balaban J connectivity index is 1.38. The van der Waals surface area contributed by atoms with Crippen LogP contribution in [0.25, 0.3) is 11.0 Å². The van der Waals surface area contributed by atoms with Gasteiger partial charge in [0, 0.05) is 44.7 Å². The molecular weight excluding hydrogens is 530 g/mol. The molecule has 5 heterocycles. The summed E-state index contributed by atoms with van der Waals surface area (Å²) in [5.74, 6) is 0.473. The first kappa shape index (κ1) is 25.3. The van der Waals surface area contributed by atoms with Crippen LogP contribution in [-0.2, 0) is 12.8 Å². The topological polar surface area (TPSA) is 77.1 Å². The fourth-order valence-corrected chi connectivity index (χ4v) is 5.55. The smallest absolute Gasteiger partial charge is 0.187 e. The molecule has 0 spiro atoms. The number of rotatable bonds is 8. The predicted molar refractivity (Wildman–Crippen MR) is 140 cm³/mol. The summed E-state index contributed by atoms with van der Waals surface area (Å²) in [5.41, 5.74) is 1.17. The Morgan fingerprint density at radius 2 is 1.64 bits per heavy atom. The Labute approximate surface area is 218 Å². The first-order valence-electron chi connectivity index (χ1n) is 12.9. The molecule has 2 saturated heterocycles. The van der Waals surface area contributed by atoms with Crippen LogP contribution in [0.5, 0.6) is 0 Å². The standard InChI is InChI=1S/C25H33BrF2N8/c1-16(2)5-6-17-20(27)18(7-10-34-8-3-4-9-34)31-25(21(17)28)36-13-11-35(12-14-36)24-19-22(26)32-33-23(19)29-15-30-24/h15-16H,3-14H2,1-2H3,(H,29,30,32,33). The lowest BCUT2D eigenvalue weighted by atomic mass is 10.0. The van der Waals surface area contributed by atoms with E-state index in [0.717, 1.165) is 41.9 Å². The number of likely N-dealkylation sites (tertiary alicyclic amines) is 1. The van der Waals surface area contributed by atoms with Crippen LogP contribution in [0.3, 0.4) is 0 Å². The minimum absolute atomic E-state index is 0.187. The molecule has 0 bridgehead atoms. The second-order valence-corrected chi connectivity index (χ2v) is 10.9. The summed E-state index contributed by atoms with van der Waals surface area (Å²) in [6.07, 6.45) is 5.49. The number of nitrogens with one attached hydrogen (secondary N) is 1. The van der Waals surface area contributed by atoms with Crippen LogP contribution in [-0.4, -0.2) is 75.9 Å². The largest absolute Gasteiger partial charge is 0.352 e. The van der Waals surface area contributed by atoms with E-state index in [2.05, 4.69) is 64.7 Å². The maximum absolute atomic E-state index is 15.7. The van der Waals surface area contributed by atoms with Gasteiger partial charge in [-0.2, -0.15) is 5.10 Å². The zero-order valence-electron chi connectivity index (χ0n) is 20.9. The SMILES string of the molecule is CC(C)CCc1c(F)c(CCN2CCCC2)nc(N2CCN(c3ncnc4n[nH]c(Br)c34)CC2)c1F. The Morgan fingerprint density at radius 3 is 2.33 bits per heavy atom. The van der Waals surface area contributed by atoms with Crippen LogP contribution in [0.15, 0.2) is 10.9 Å². The molecule has 2 aliphatic rings. The van der Waals surface area contributed by atoms with E-state index in [0.29, 0.717) is 56.3 Å². The number of piperazine rings is 1. The Hall–Kier alpha value is -2.40. The minimum Gasteiger partial charge on any atom is -0.352 e. The van der Waals surface area contributed by atoms with Crippen LogP contribution in [0.1, 0.15) is 44.4 Å². The molecule has 1 N–H and O–H groups in total. The number of nitrogens with zero attached hydrogens (tertiary/aromatic N) is 7. The van der Waals surface area contributed by atoms with Gasteiger partial charge >= 0.3 is 0 Å². The van der Waals surface area contributed by atoms with E-state index in [9.17, 15) is 0 Å². The van der Waals surface area contributed by atoms with E-state index in [4.69, 9.17) is 0 Å². The third-order valence-corrected chi connectivity index (χ3v) is 7.79. The monoisotopic (exact) mass is 562 g/mol. The van der Waals surface area contributed by atoms with Gasteiger partial charge in [-0.05, 0) is 60.6 Å². The number of aromatic nitrogens is 5. The van der Waals surface area contributed by atoms with E-state index >= 15 is 8.78 Å². The van der Waals surface area contributed by atoms with E-state index in [1.165, 1.54) is 19.2 Å². The van der Waals surface area contributed by atoms with Crippen LogP contribution in [0, 0.1) is 17.6 Å². The zero-order valence-corrected chi connectivity index (χ0v) is 22.5. The number of fused-ring (bicyclic) bond motifs is 1. The van der Waals surface area contributed by atoms with Crippen LogP contribution >= 0.6 is 15.9 Å². The van der Waals surface area contributed by atoms with Gasteiger partial charge < -0.3 is 14.7 Å². The van der Waals surface area contributed by atoms with Gasteiger partial charge in [-0.1, -0.05) is 13.8 Å². The molecule has 2 aliphatic heterocycles. The van der Waals surface area contributed by atoms with Crippen molar-refractivity contribution < 1.29 is 8.78 Å². The molecule has 0 aromatic carbocycles. The Bertz CT molecular complexity index is 1200. The fourth-order valence-electron chi connectivity index (χ4n) is 5.11. The summed E-state index contributed by atoms with van der Waals surface area (Å²) in [6, 6.07) is 0. The maximum atomic E-state index is 15.7. The number of pyridine rings is 1. The molecule has 8 nitrogen and oxygen atoms in total. The van der Waals surface area contributed by atoms with Gasteiger partial charge in [-0.25, -0.2) is 23.7 Å². The quantitative estimate of drug-likeness (QED) is 0.437. The first-order chi connectivity index (χ1) is 17.4. The number of anilines is 2. The van der Waals surface area contributed by atoms with Crippen LogP contribution in [0.2, 0.25) is 0 Å². The van der Waals surface area contributed by atoms with Gasteiger partial charge in [0.15, 0.2) is 23.1 Å². The van der Waals surface area contributed by atoms with Crippen molar-refractivity contribution in [1.29, 1.82) is 0 Å². The summed E-state index contributed by atoms with van der Waals surface area (Å²) >= 11 is 3.50. The molecule has 0 saturated carbocycles. The second kappa shape index (κ2) is 10.9. The van der Waals surface area contributed by atoms with Crippen molar-refractivity contribution in [2.45, 2.75) is 46.0 Å². The van der Waals surface area contributed by atoms with E-state index in [-0.39, 0.29) is 11.4 Å². The molecule has 0 radical (unpaired) electrons. The predicted octanol–water partition coefficient (Wildman–Crippen LogP) is 4.34. The molecule has 3 aromatic rings. The third kappa shape index (κ3) is 5.18. The van der Waals surface area contributed by atoms with Crippen molar-refractivity contribution >= 4 is 38.6 Å². The normalized spacial score (nSPS) is 17.2. The molecule has 0 amide bonds. The average molecular weight is 563 g/mol. The van der Waals surface area contributed by atoms with Crippen molar-refractivity contribution in [1.82, 2.24) is 30.0 Å². The lowest BCUT2D eigenvalue weighted by Gasteiger charge is -2.36. The maximum Gasteiger partial charge on any atom is 0.187 e. The highest BCUT2D eigenvalue weighted by Crippen LogP contribution is 2.31. The fraction of sp³-hybridized carbons (Fsp3) is 0.600. The van der Waals surface area contributed by atoms with Gasteiger partial charge in [-0.15, -0.1) is 0 Å². The van der Waals surface area contributed by atoms with Crippen molar-refractivity contribution in [3.63, 3.8) is 0 Å². The van der Waals surface area contributed by atoms with Gasteiger partial charge in [0.25, 0.3) is 0 Å². The summed E-state index contributed by atoms with van der Waals surface area (Å²) in [7, 11) is 0. The molecule has 36 heavy (non-hydrogen) atoms. The second-order valence-electron chi connectivity index (χ2n) is 10.1. The molecule has 3 aromatic heterocycles. The van der Waals surface area contributed by atoms with E-state index < -0.39 is 11.6 Å². The number of hydrogen-bond donors (Lipinski definition) is 1. The molecular formula is C25H33BrF2N8. The zero-order chi connectivity index (χ0) is 25.2. The molecule has 2 fully saturated rings. The number of aromatic amines is 1. The summed E-state index contributed by atoms with van der Waals surface area (Å²) in [4.78, 5) is 19.7.